The average molecular weight is 255 g/mol. The van der Waals surface area contributed by atoms with Crippen molar-refractivity contribution in [1.29, 1.82) is 0 Å². The molecule has 2 heterocycles. The summed E-state index contributed by atoms with van der Waals surface area (Å²) < 4.78 is 1.85. The molecule has 1 aromatic heterocycles. The maximum absolute atomic E-state index is 11.9. The molecule has 0 radical (unpaired) electrons. The highest BCUT2D eigenvalue weighted by Gasteiger charge is 2.24. The van der Waals surface area contributed by atoms with Gasteiger partial charge in [0.15, 0.2) is 5.78 Å². The summed E-state index contributed by atoms with van der Waals surface area (Å²) in [4.78, 5) is 23.6. The van der Waals surface area contributed by atoms with Crippen LogP contribution in [0.1, 0.15) is 40.1 Å². The third-order valence-electron chi connectivity index (χ3n) is 2.90. The highest BCUT2D eigenvalue weighted by molar-refractivity contribution is 6.17. The molecular weight excluding hydrogens is 240 g/mol. The van der Waals surface area contributed by atoms with E-state index >= 15 is 0 Å². The standard InChI is InChI=1S/C12H15ClN2O2/c13-5-1-2-7-15-8-4-9-10(16)3-6-14-12(17)11(9)15/h4,8H,1-3,5-7H2,(H,14,17). The number of fused-ring (bicyclic) bond motifs is 1. The highest BCUT2D eigenvalue weighted by Crippen LogP contribution is 2.17. The van der Waals surface area contributed by atoms with Crippen LogP contribution >= 0.6 is 11.6 Å². The van der Waals surface area contributed by atoms with Crippen molar-refractivity contribution in [2.75, 3.05) is 12.4 Å². The number of unbranched alkanes of at least 4 members (excludes halogenated alkanes) is 1. The summed E-state index contributed by atoms with van der Waals surface area (Å²) in [6, 6.07) is 1.74. The SMILES string of the molecule is O=C1CCNC(=O)c2c1ccn2CCCCCl. The van der Waals surface area contributed by atoms with Gasteiger partial charge in [0.1, 0.15) is 5.69 Å². The quantitative estimate of drug-likeness (QED) is 0.658. The summed E-state index contributed by atoms with van der Waals surface area (Å²) in [7, 11) is 0. The van der Waals surface area contributed by atoms with E-state index in [1.165, 1.54) is 0 Å². The van der Waals surface area contributed by atoms with E-state index in [4.69, 9.17) is 11.6 Å². The number of hydrogen-bond donors (Lipinski definition) is 1. The highest BCUT2D eigenvalue weighted by atomic mass is 35.5. The van der Waals surface area contributed by atoms with Crippen molar-refractivity contribution in [2.45, 2.75) is 25.8 Å². The minimum Gasteiger partial charge on any atom is -0.350 e. The number of amides is 1. The molecule has 1 aliphatic rings. The van der Waals surface area contributed by atoms with E-state index in [9.17, 15) is 9.59 Å². The van der Waals surface area contributed by atoms with Crippen molar-refractivity contribution in [3.8, 4) is 0 Å². The molecule has 2 rings (SSSR count). The lowest BCUT2D eigenvalue weighted by molar-refractivity contribution is 0.0946. The summed E-state index contributed by atoms with van der Waals surface area (Å²) >= 11 is 5.62. The number of carbonyl (C=O) groups excluding carboxylic acids is 2. The number of aromatic nitrogens is 1. The smallest absolute Gasteiger partial charge is 0.268 e. The molecule has 1 aromatic rings. The number of carbonyl (C=O) groups is 2. The molecule has 17 heavy (non-hydrogen) atoms. The Kier molecular flexibility index (Phi) is 3.84. The molecule has 0 unspecified atom stereocenters. The monoisotopic (exact) mass is 254 g/mol. The van der Waals surface area contributed by atoms with Gasteiger partial charge >= 0.3 is 0 Å². The number of rotatable bonds is 4. The molecule has 5 heteroatoms. The van der Waals surface area contributed by atoms with Crippen molar-refractivity contribution < 1.29 is 9.59 Å². The van der Waals surface area contributed by atoms with E-state index in [2.05, 4.69) is 5.32 Å². The maximum Gasteiger partial charge on any atom is 0.268 e. The van der Waals surface area contributed by atoms with Crippen molar-refractivity contribution in [3.63, 3.8) is 0 Å². The minimum absolute atomic E-state index is 0.0365. The number of ketones is 1. The summed E-state index contributed by atoms with van der Waals surface area (Å²) in [5.41, 5.74) is 1.05. The number of alkyl halides is 1. The minimum atomic E-state index is -0.151. The van der Waals surface area contributed by atoms with Crippen molar-refractivity contribution in [1.82, 2.24) is 9.88 Å². The molecule has 1 amide bonds. The molecule has 0 aliphatic carbocycles. The van der Waals surface area contributed by atoms with Crippen LogP contribution in [-0.4, -0.2) is 28.7 Å². The van der Waals surface area contributed by atoms with Crippen LogP contribution in [0.5, 0.6) is 0 Å². The van der Waals surface area contributed by atoms with Gasteiger partial charge in [-0.1, -0.05) is 0 Å². The zero-order valence-electron chi connectivity index (χ0n) is 9.54. The third kappa shape index (κ3) is 2.52. The Bertz CT molecular complexity index is 440. The lowest BCUT2D eigenvalue weighted by Gasteiger charge is -2.08. The van der Waals surface area contributed by atoms with Gasteiger partial charge in [0, 0.05) is 37.2 Å². The zero-order chi connectivity index (χ0) is 12.3. The van der Waals surface area contributed by atoms with Gasteiger partial charge in [-0.05, 0) is 18.9 Å². The Morgan fingerprint density at radius 3 is 2.94 bits per heavy atom. The molecule has 1 N–H and O–H groups in total. The largest absolute Gasteiger partial charge is 0.350 e. The topological polar surface area (TPSA) is 51.1 Å². The van der Waals surface area contributed by atoms with Gasteiger partial charge in [-0.2, -0.15) is 0 Å². The fraction of sp³-hybridized carbons (Fsp3) is 0.500. The van der Waals surface area contributed by atoms with E-state index in [0.29, 0.717) is 30.1 Å². The predicted molar refractivity (Wildman–Crippen MR) is 65.7 cm³/mol. The normalized spacial score (nSPS) is 15.4. The predicted octanol–water partition coefficient (Wildman–Crippen LogP) is 1.82. The van der Waals surface area contributed by atoms with Gasteiger partial charge in [-0.25, -0.2) is 0 Å². The van der Waals surface area contributed by atoms with Gasteiger partial charge in [-0.3, -0.25) is 9.59 Å². The Labute approximate surface area is 105 Å². The maximum atomic E-state index is 11.9. The van der Waals surface area contributed by atoms with Crippen molar-refractivity contribution in [2.24, 2.45) is 0 Å². The van der Waals surface area contributed by atoms with Gasteiger partial charge < -0.3 is 9.88 Å². The Hall–Kier alpha value is -1.29. The summed E-state index contributed by atoms with van der Waals surface area (Å²) in [5.74, 6) is 0.505. The lowest BCUT2D eigenvalue weighted by atomic mass is 10.1. The van der Waals surface area contributed by atoms with E-state index in [1.807, 2.05) is 10.8 Å². The Morgan fingerprint density at radius 2 is 2.18 bits per heavy atom. The summed E-state index contributed by atoms with van der Waals surface area (Å²) in [5, 5.41) is 2.74. The van der Waals surface area contributed by atoms with Crippen molar-refractivity contribution >= 4 is 23.3 Å². The van der Waals surface area contributed by atoms with Crippen LogP contribution in [-0.2, 0) is 6.54 Å². The average Bonchev–Trinajstić information content (AvgIpc) is 2.67. The molecule has 0 saturated heterocycles. The Morgan fingerprint density at radius 1 is 1.35 bits per heavy atom. The number of Topliss-reactive ketones (excluding diaryl/α,β-unsaturated/α-hetero) is 1. The van der Waals surface area contributed by atoms with E-state index in [0.717, 1.165) is 19.4 Å². The second kappa shape index (κ2) is 5.36. The van der Waals surface area contributed by atoms with Gasteiger partial charge in [0.2, 0.25) is 0 Å². The first-order chi connectivity index (χ1) is 8.24. The van der Waals surface area contributed by atoms with Crippen LogP contribution in [0.3, 0.4) is 0 Å². The summed E-state index contributed by atoms with van der Waals surface area (Å²) in [6.45, 7) is 1.15. The summed E-state index contributed by atoms with van der Waals surface area (Å²) in [6.07, 6.45) is 4.00. The molecule has 1 aliphatic heterocycles. The van der Waals surface area contributed by atoms with Crippen LogP contribution < -0.4 is 5.32 Å². The Balaban J connectivity index is 2.24. The molecule has 0 aromatic carbocycles. The van der Waals surface area contributed by atoms with Gasteiger partial charge in [-0.15, -0.1) is 11.6 Å². The molecule has 4 nitrogen and oxygen atoms in total. The molecule has 0 spiro atoms. The molecule has 0 saturated carbocycles. The van der Waals surface area contributed by atoms with E-state index in [1.54, 1.807) is 6.07 Å². The number of nitrogens with zero attached hydrogens (tertiary/aromatic N) is 1. The van der Waals surface area contributed by atoms with Crippen LogP contribution in [0.4, 0.5) is 0 Å². The third-order valence-corrected chi connectivity index (χ3v) is 3.17. The first-order valence-electron chi connectivity index (χ1n) is 5.80. The number of hydrogen-bond acceptors (Lipinski definition) is 2. The fourth-order valence-electron chi connectivity index (χ4n) is 2.02. The molecule has 0 bridgehead atoms. The van der Waals surface area contributed by atoms with Crippen LogP contribution in [0, 0.1) is 0 Å². The molecular formula is C12H15ClN2O2. The van der Waals surface area contributed by atoms with Gasteiger partial charge in [0.25, 0.3) is 5.91 Å². The van der Waals surface area contributed by atoms with E-state index in [-0.39, 0.29) is 11.7 Å². The lowest BCUT2D eigenvalue weighted by Crippen LogP contribution is -2.25. The number of nitrogens with one attached hydrogen (secondary N) is 1. The van der Waals surface area contributed by atoms with E-state index < -0.39 is 0 Å². The first-order valence-corrected chi connectivity index (χ1v) is 6.34. The molecule has 0 fully saturated rings. The van der Waals surface area contributed by atoms with Crippen LogP contribution in [0.25, 0.3) is 0 Å². The number of aryl methyl sites for hydroxylation is 1. The number of halogens is 1. The fourth-order valence-corrected chi connectivity index (χ4v) is 2.21. The molecule has 0 atom stereocenters. The van der Waals surface area contributed by atoms with Crippen LogP contribution in [0.15, 0.2) is 12.3 Å². The van der Waals surface area contributed by atoms with Crippen LogP contribution in [0.2, 0.25) is 0 Å². The zero-order valence-corrected chi connectivity index (χ0v) is 10.3. The van der Waals surface area contributed by atoms with Gasteiger partial charge in [0.05, 0.1) is 0 Å². The molecule has 92 valence electrons. The second-order valence-electron chi connectivity index (χ2n) is 4.10. The van der Waals surface area contributed by atoms with Crippen molar-refractivity contribution in [3.05, 3.63) is 23.5 Å². The first kappa shape index (κ1) is 12.2. The second-order valence-corrected chi connectivity index (χ2v) is 4.47.